The van der Waals surface area contributed by atoms with Gasteiger partial charge in [0.2, 0.25) is 0 Å². The molecule has 137 valence electrons. The van der Waals surface area contributed by atoms with E-state index in [1.54, 1.807) is 0 Å². The van der Waals surface area contributed by atoms with Gasteiger partial charge in [-0.3, -0.25) is 29.0 Å². The van der Waals surface area contributed by atoms with Crippen LogP contribution >= 0.6 is 0 Å². The van der Waals surface area contributed by atoms with E-state index in [9.17, 15) is 19.2 Å². The zero-order chi connectivity index (χ0) is 15.7. The Kier molecular flexibility index (Phi) is 19.3. The standard InChI is InChI=1S/C10H16N2O8.Co.2H3N/c13-7(14)3-11(4-8(15)16)1-2-12(5-9(17)18)6-10(19)20;;;/h1-6H2,(H,13,14)(H,15,16)(H,17,18)(H,19,20);;2*1H3/q;+2;;/p+2. The van der Waals surface area contributed by atoms with Crippen molar-refractivity contribution in [2.24, 2.45) is 0 Å². The van der Waals surface area contributed by atoms with Crippen LogP contribution in [0.4, 0.5) is 0 Å². The maximum atomic E-state index is 10.6. The van der Waals surface area contributed by atoms with Crippen LogP contribution in [0, 0.1) is 0 Å². The van der Waals surface area contributed by atoms with Gasteiger partial charge in [0.25, 0.3) is 0 Å². The predicted molar refractivity (Wildman–Crippen MR) is 75.4 cm³/mol. The molecule has 0 aliphatic heterocycles. The van der Waals surface area contributed by atoms with Gasteiger partial charge in [0.1, 0.15) is 0 Å². The van der Waals surface area contributed by atoms with Gasteiger partial charge in [-0.2, -0.15) is 0 Å². The second kappa shape index (κ2) is 15.1. The number of rotatable bonds is 11. The van der Waals surface area contributed by atoms with Crippen LogP contribution < -0.4 is 12.3 Å². The Morgan fingerprint density at radius 3 is 0.870 bits per heavy atom. The van der Waals surface area contributed by atoms with Crippen LogP contribution in [-0.4, -0.2) is 93.4 Å². The molecule has 0 heterocycles. The Morgan fingerprint density at radius 2 is 0.739 bits per heavy atom. The Labute approximate surface area is 142 Å². The first-order chi connectivity index (χ1) is 9.20. The van der Waals surface area contributed by atoms with Crippen molar-refractivity contribution in [3.05, 3.63) is 0 Å². The molecule has 0 fully saturated rings. The summed E-state index contributed by atoms with van der Waals surface area (Å²) in [4.78, 5) is 44.4. The Hall–Kier alpha value is -1.77. The third kappa shape index (κ3) is 18.2. The first kappa shape index (κ1) is 29.3. The largest absolute Gasteiger partial charge is 2.00 e. The number of nitrogens with zero attached hydrogens (tertiary/aromatic N) is 2. The van der Waals surface area contributed by atoms with Gasteiger partial charge >= 0.3 is 40.7 Å². The van der Waals surface area contributed by atoms with E-state index in [0.717, 1.165) is 9.80 Å². The maximum absolute atomic E-state index is 10.6. The van der Waals surface area contributed by atoms with Crippen molar-refractivity contribution in [2.45, 2.75) is 0 Å². The van der Waals surface area contributed by atoms with Crippen molar-refractivity contribution < 1.29 is 56.4 Å². The molecule has 0 aromatic heterocycles. The van der Waals surface area contributed by atoms with Crippen LogP contribution in [0.25, 0.3) is 0 Å². The molecule has 0 aromatic rings. The molecule has 0 amide bonds. The van der Waals surface area contributed by atoms with E-state index in [1.165, 1.54) is 0 Å². The second-order valence-corrected chi connectivity index (χ2v) is 4.00. The van der Waals surface area contributed by atoms with Gasteiger partial charge < -0.3 is 32.7 Å². The minimum atomic E-state index is -1.23. The molecule has 0 aliphatic carbocycles. The molecule has 0 rings (SSSR count). The van der Waals surface area contributed by atoms with Crippen molar-refractivity contribution >= 4 is 23.9 Å². The zero-order valence-electron chi connectivity index (χ0n) is 12.9. The summed E-state index contributed by atoms with van der Waals surface area (Å²) in [5, 5.41) is 34.5. The summed E-state index contributed by atoms with van der Waals surface area (Å²) < 4.78 is 0. The smallest absolute Gasteiger partial charge is 0.480 e. The first-order valence-corrected chi connectivity index (χ1v) is 5.52. The summed E-state index contributed by atoms with van der Waals surface area (Å²) in [6.45, 7) is -2.25. The van der Waals surface area contributed by atoms with Crippen LogP contribution in [0.2, 0.25) is 0 Å². The van der Waals surface area contributed by atoms with Gasteiger partial charge in [-0.1, -0.05) is 0 Å². The number of carboxylic acid groups (broad SMARTS) is 4. The molecule has 0 saturated heterocycles. The van der Waals surface area contributed by atoms with E-state index in [4.69, 9.17) is 20.4 Å². The van der Waals surface area contributed by atoms with E-state index in [-0.39, 0.29) is 42.2 Å². The molecule has 23 heavy (non-hydrogen) atoms. The number of hydrogen-bond donors (Lipinski definition) is 6. The molecule has 12 nitrogen and oxygen atoms in total. The SMILES string of the molecule is O=C(O)CN(CCN(CC(=O)O)CC(=O)O)CC(=O)O.[Co+2].[NH4+].[NH4+]. The second-order valence-electron chi connectivity index (χ2n) is 4.00. The van der Waals surface area contributed by atoms with Crippen molar-refractivity contribution in [2.75, 3.05) is 39.3 Å². The number of quaternary nitrogens is 2. The summed E-state index contributed by atoms with van der Waals surface area (Å²) >= 11 is 0. The number of hydrogen-bond acceptors (Lipinski definition) is 6. The third-order valence-electron chi connectivity index (χ3n) is 2.17. The van der Waals surface area contributed by atoms with Gasteiger partial charge in [-0.05, 0) is 0 Å². The molecule has 0 atom stereocenters. The normalized spacial score (nSPS) is 9.30. The van der Waals surface area contributed by atoms with E-state index >= 15 is 0 Å². The Bertz CT molecular complexity index is 327. The van der Waals surface area contributed by atoms with Crippen LogP contribution in [0.5, 0.6) is 0 Å². The molecule has 0 saturated carbocycles. The fraction of sp³-hybridized carbons (Fsp3) is 0.600. The molecule has 12 N–H and O–H groups in total. The maximum Gasteiger partial charge on any atom is 2.00 e. The van der Waals surface area contributed by atoms with E-state index in [1.807, 2.05) is 0 Å². The van der Waals surface area contributed by atoms with Gasteiger partial charge in [0.15, 0.2) is 0 Å². The first-order valence-electron chi connectivity index (χ1n) is 5.52. The molecule has 0 aliphatic rings. The van der Waals surface area contributed by atoms with E-state index in [2.05, 4.69) is 0 Å². The molecule has 0 spiro atoms. The number of aliphatic carboxylic acids is 4. The minimum absolute atomic E-state index is 0. The average Bonchev–Trinajstić information content (AvgIpc) is 2.22. The fourth-order valence-electron chi connectivity index (χ4n) is 1.48. The number of carbonyl (C=O) groups is 4. The number of carboxylic acids is 4. The van der Waals surface area contributed by atoms with Crippen molar-refractivity contribution in [1.82, 2.24) is 22.1 Å². The summed E-state index contributed by atoms with van der Waals surface area (Å²) in [5.41, 5.74) is 0. The molecule has 0 aromatic carbocycles. The van der Waals surface area contributed by atoms with Crippen molar-refractivity contribution in [3.63, 3.8) is 0 Å². The topological polar surface area (TPSA) is 229 Å². The monoisotopic (exact) mass is 387 g/mol. The van der Waals surface area contributed by atoms with Crippen LogP contribution in [0.1, 0.15) is 0 Å². The van der Waals surface area contributed by atoms with Crippen LogP contribution in [0.3, 0.4) is 0 Å². The van der Waals surface area contributed by atoms with E-state index in [0.29, 0.717) is 0 Å². The third-order valence-corrected chi connectivity index (χ3v) is 2.17. The quantitative estimate of drug-likeness (QED) is 0.245. The molecular weight excluding hydrogens is 363 g/mol. The summed E-state index contributed by atoms with van der Waals surface area (Å²) in [5.74, 6) is -4.91. The van der Waals surface area contributed by atoms with Gasteiger partial charge in [0, 0.05) is 13.1 Å². The molecule has 0 unspecified atom stereocenters. The van der Waals surface area contributed by atoms with Gasteiger partial charge in [-0.25, -0.2) is 0 Å². The Morgan fingerprint density at radius 1 is 0.565 bits per heavy atom. The fourth-order valence-corrected chi connectivity index (χ4v) is 1.48. The molecule has 13 heteroatoms. The molecule has 1 radical (unpaired) electrons. The van der Waals surface area contributed by atoms with Crippen molar-refractivity contribution in [1.29, 1.82) is 0 Å². The summed E-state index contributed by atoms with van der Waals surface area (Å²) in [6, 6.07) is 0. The zero-order valence-corrected chi connectivity index (χ0v) is 13.9. The van der Waals surface area contributed by atoms with Crippen LogP contribution in [0.15, 0.2) is 0 Å². The van der Waals surface area contributed by atoms with Crippen LogP contribution in [-0.2, 0) is 36.0 Å². The average molecular weight is 387 g/mol. The summed E-state index contributed by atoms with van der Waals surface area (Å²) in [6.07, 6.45) is 0. The molecule has 0 bridgehead atoms. The van der Waals surface area contributed by atoms with Gasteiger partial charge in [0.05, 0.1) is 26.2 Å². The minimum Gasteiger partial charge on any atom is -0.480 e. The van der Waals surface area contributed by atoms with Crippen molar-refractivity contribution in [3.8, 4) is 0 Å². The van der Waals surface area contributed by atoms with E-state index < -0.39 is 50.1 Å². The van der Waals surface area contributed by atoms with Gasteiger partial charge in [-0.15, -0.1) is 0 Å². The molecular formula is C10H24CoN4O8+4. The Balaban J connectivity index is -0.000000602. The predicted octanol–water partition coefficient (Wildman–Crippen LogP) is -1.32. The summed E-state index contributed by atoms with van der Waals surface area (Å²) in [7, 11) is 0.